The molecule has 6 nitrogen and oxygen atoms in total. The van der Waals surface area contributed by atoms with Gasteiger partial charge in [-0.1, -0.05) is 6.07 Å². The Morgan fingerprint density at radius 2 is 1.91 bits per heavy atom. The van der Waals surface area contributed by atoms with Crippen molar-refractivity contribution < 1.29 is 19.2 Å². The summed E-state index contributed by atoms with van der Waals surface area (Å²) in [6, 6.07) is 9.52. The van der Waals surface area contributed by atoms with Crippen LogP contribution in [0.15, 0.2) is 36.4 Å². The summed E-state index contributed by atoms with van der Waals surface area (Å²) in [6.45, 7) is 0. The number of hydrogen-bond acceptors (Lipinski definition) is 5. The van der Waals surface area contributed by atoms with Gasteiger partial charge < -0.3 is 9.47 Å². The maximum Gasteiger partial charge on any atom is 0.343 e. The zero-order valence-corrected chi connectivity index (χ0v) is 12.6. The summed E-state index contributed by atoms with van der Waals surface area (Å²) in [6.07, 6.45) is 3.05. The predicted octanol–water partition coefficient (Wildman–Crippen LogP) is 3.31. The fourth-order valence-corrected chi connectivity index (χ4v) is 2.71. The van der Waals surface area contributed by atoms with Crippen LogP contribution in [0.25, 0.3) is 0 Å². The smallest absolute Gasteiger partial charge is 0.343 e. The van der Waals surface area contributed by atoms with E-state index in [-0.39, 0.29) is 11.4 Å². The predicted molar refractivity (Wildman–Crippen MR) is 83.1 cm³/mol. The highest BCUT2D eigenvalue weighted by atomic mass is 16.6. The van der Waals surface area contributed by atoms with Gasteiger partial charge in [-0.25, -0.2) is 4.79 Å². The highest BCUT2D eigenvalue weighted by molar-refractivity contribution is 5.92. The van der Waals surface area contributed by atoms with Gasteiger partial charge in [0.1, 0.15) is 5.75 Å². The van der Waals surface area contributed by atoms with Gasteiger partial charge in [-0.05, 0) is 54.7 Å². The van der Waals surface area contributed by atoms with Crippen molar-refractivity contribution >= 4 is 11.7 Å². The Hall–Kier alpha value is -2.89. The number of carbonyl (C=O) groups excluding carboxylic acids is 1. The van der Waals surface area contributed by atoms with E-state index in [1.165, 1.54) is 30.9 Å². The lowest BCUT2D eigenvalue weighted by Gasteiger charge is -2.08. The second-order valence-corrected chi connectivity index (χ2v) is 5.32. The molecule has 1 aliphatic carbocycles. The molecule has 23 heavy (non-hydrogen) atoms. The van der Waals surface area contributed by atoms with Crippen LogP contribution in [-0.2, 0) is 12.8 Å². The normalized spacial score (nSPS) is 12.6. The van der Waals surface area contributed by atoms with Crippen LogP contribution in [-0.4, -0.2) is 18.0 Å². The lowest BCUT2D eigenvalue weighted by Crippen LogP contribution is -2.10. The molecule has 2 aromatic carbocycles. The molecule has 0 bridgehead atoms. The molecule has 0 N–H and O–H groups in total. The van der Waals surface area contributed by atoms with Crippen molar-refractivity contribution in [2.45, 2.75) is 19.3 Å². The Kier molecular flexibility index (Phi) is 3.97. The van der Waals surface area contributed by atoms with E-state index in [0.717, 1.165) is 24.8 Å². The van der Waals surface area contributed by atoms with Gasteiger partial charge in [0.05, 0.1) is 23.7 Å². The number of rotatable bonds is 4. The number of carbonyl (C=O) groups is 1. The third-order valence-electron chi connectivity index (χ3n) is 3.90. The number of nitro benzene ring substituents is 1. The number of esters is 1. The Balaban J connectivity index is 1.87. The summed E-state index contributed by atoms with van der Waals surface area (Å²) in [7, 11) is 1.41. The number of ether oxygens (including phenoxy) is 2. The highest BCUT2D eigenvalue weighted by Gasteiger charge is 2.21. The molecule has 0 aliphatic heterocycles. The Morgan fingerprint density at radius 1 is 1.13 bits per heavy atom. The molecule has 0 fully saturated rings. The molecule has 2 aromatic rings. The fraction of sp³-hybridized carbons (Fsp3) is 0.235. The number of nitrogens with zero attached hydrogens (tertiary/aromatic N) is 1. The number of nitro groups is 1. The number of methoxy groups -OCH3 is 1. The SMILES string of the molecule is COc1ccc(OC(=O)c2ccc3c(c2)CCC3)c([N+](=O)[O-])c1. The number of aryl methyl sites for hydroxylation is 2. The topological polar surface area (TPSA) is 78.7 Å². The molecule has 118 valence electrons. The highest BCUT2D eigenvalue weighted by Crippen LogP contribution is 2.32. The molecule has 1 aliphatic rings. The van der Waals surface area contributed by atoms with Gasteiger partial charge in [0.15, 0.2) is 0 Å². The molecule has 0 aromatic heterocycles. The van der Waals surface area contributed by atoms with E-state index in [2.05, 4.69) is 0 Å². The second-order valence-electron chi connectivity index (χ2n) is 5.32. The molecule has 0 radical (unpaired) electrons. The summed E-state index contributed by atoms with van der Waals surface area (Å²) < 4.78 is 10.2. The van der Waals surface area contributed by atoms with Gasteiger partial charge >= 0.3 is 11.7 Å². The Labute approximate surface area is 132 Å². The zero-order valence-electron chi connectivity index (χ0n) is 12.6. The molecule has 0 heterocycles. The van der Waals surface area contributed by atoms with Crippen molar-refractivity contribution in [2.75, 3.05) is 7.11 Å². The van der Waals surface area contributed by atoms with E-state index in [1.54, 1.807) is 12.1 Å². The third kappa shape index (κ3) is 3.01. The maximum absolute atomic E-state index is 12.3. The molecule has 0 atom stereocenters. The standard InChI is InChI=1S/C17H15NO5/c1-22-14-7-8-16(15(10-14)18(20)21)23-17(19)13-6-5-11-3-2-4-12(11)9-13/h5-10H,2-4H2,1H3. The van der Waals surface area contributed by atoms with Gasteiger partial charge in [0.25, 0.3) is 0 Å². The van der Waals surface area contributed by atoms with Gasteiger partial charge in [0.2, 0.25) is 5.75 Å². The van der Waals surface area contributed by atoms with Gasteiger partial charge in [-0.2, -0.15) is 0 Å². The van der Waals surface area contributed by atoms with Gasteiger partial charge in [0, 0.05) is 0 Å². The quantitative estimate of drug-likeness (QED) is 0.374. The molecule has 0 saturated carbocycles. The summed E-state index contributed by atoms with van der Waals surface area (Å²) in [4.78, 5) is 22.8. The monoisotopic (exact) mass is 313 g/mol. The average Bonchev–Trinajstić information content (AvgIpc) is 3.02. The van der Waals surface area contributed by atoms with Crippen LogP contribution in [0.3, 0.4) is 0 Å². The van der Waals surface area contributed by atoms with E-state index < -0.39 is 10.9 Å². The van der Waals surface area contributed by atoms with Crippen LogP contribution < -0.4 is 9.47 Å². The van der Waals surface area contributed by atoms with Crippen LogP contribution in [0.1, 0.15) is 27.9 Å². The lowest BCUT2D eigenvalue weighted by molar-refractivity contribution is -0.385. The van der Waals surface area contributed by atoms with Crippen LogP contribution in [0.5, 0.6) is 11.5 Å². The Bertz CT molecular complexity index is 785. The zero-order chi connectivity index (χ0) is 16.4. The lowest BCUT2D eigenvalue weighted by atomic mass is 10.1. The molecule has 6 heteroatoms. The first-order valence-corrected chi connectivity index (χ1v) is 7.25. The summed E-state index contributed by atoms with van der Waals surface area (Å²) in [5, 5.41) is 11.1. The largest absolute Gasteiger partial charge is 0.496 e. The average molecular weight is 313 g/mol. The van der Waals surface area contributed by atoms with E-state index in [9.17, 15) is 14.9 Å². The van der Waals surface area contributed by atoms with Crippen molar-refractivity contribution in [1.82, 2.24) is 0 Å². The van der Waals surface area contributed by atoms with E-state index >= 15 is 0 Å². The molecule has 0 saturated heterocycles. The number of fused-ring (bicyclic) bond motifs is 1. The van der Waals surface area contributed by atoms with Crippen molar-refractivity contribution in [2.24, 2.45) is 0 Å². The van der Waals surface area contributed by atoms with Crippen molar-refractivity contribution in [3.63, 3.8) is 0 Å². The fourth-order valence-electron chi connectivity index (χ4n) is 2.71. The van der Waals surface area contributed by atoms with Crippen molar-refractivity contribution in [1.29, 1.82) is 0 Å². The molecule has 3 rings (SSSR count). The number of hydrogen-bond donors (Lipinski definition) is 0. The minimum atomic E-state index is -0.604. The van der Waals surface area contributed by atoms with Crippen LogP contribution in [0.2, 0.25) is 0 Å². The molecule has 0 spiro atoms. The van der Waals surface area contributed by atoms with Gasteiger partial charge in [-0.3, -0.25) is 10.1 Å². The van der Waals surface area contributed by atoms with Crippen molar-refractivity contribution in [3.8, 4) is 11.5 Å². The molecular weight excluding hydrogens is 298 g/mol. The minimum Gasteiger partial charge on any atom is -0.496 e. The number of benzene rings is 2. The first kappa shape index (κ1) is 15.0. The van der Waals surface area contributed by atoms with E-state index in [4.69, 9.17) is 9.47 Å². The Morgan fingerprint density at radius 3 is 2.65 bits per heavy atom. The van der Waals surface area contributed by atoms with Crippen LogP contribution >= 0.6 is 0 Å². The summed E-state index contributed by atoms with van der Waals surface area (Å²) >= 11 is 0. The van der Waals surface area contributed by atoms with E-state index in [0.29, 0.717) is 11.3 Å². The second kappa shape index (κ2) is 6.08. The maximum atomic E-state index is 12.3. The first-order chi connectivity index (χ1) is 11.1. The van der Waals surface area contributed by atoms with Crippen molar-refractivity contribution in [3.05, 3.63) is 63.2 Å². The van der Waals surface area contributed by atoms with Crippen LogP contribution in [0.4, 0.5) is 5.69 Å². The molecular formula is C17H15NO5. The molecule has 0 unspecified atom stereocenters. The van der Waals surface area contributed by atoms with Gasteiger partial charge in [-0.15, -0.1) is 0 Å². The first-order valence-electron chi connectivity index (χ1n) is 7.25. The summed E-state index contributed by atoms with van der Waals surface area (Å²) in [5.74, 6) is -0.372. The van der Waals surface area contributed by atoms with Crippen LogP contribution in [0, 0.1) is 10.1 Å². The third-order valence-corrected chi connectivity index (χ3v) is 3.90. The molecule has 0 amide bonds. The summed E-state index contributed by atoms with van der Waals surface area (Å²) in [5.41, 5.74) is 2.48. The van der Waals surface area contributed by atoms with E-state index in [1.807, 2.05) is 6.07 Å². The minimum absolute atomic E-state index is 0.0960.